The van der Waals surface area contributed by atoms with E-state index in [0.29, 0.717) is 0 Å². The van der Waals surface area contributed by atoms with Crippen LogP contribution in [0.15, 0.2) is 212 Å². The predicted molar refractivity (Wildman–Crippen MR) is 226 cm³/mol. The fourth-order valence-corrected chi connectivity index (χ4v) is 8.13. The molecular weight excluding hydrogens is 655 g/mol. The second-order valence-electron chi connectivity index (χ2n) is 14.1. The van der Waals surface area contributed by atoms with Gasteiger partial charge in [0.2, 0.25) is 0 Å². The average molecular weight is 692 g/mol. The van der Waals surface area contributed by atoms with Crippen LogP contribution in [-0.2, 0) is 0 Å². The van der Waals surface area contributed by atoms with Crippen LogP contribution in [0.5, 0.6) is 5.75 Å². The summed E-state index contributed by atoms with van der Waals surface area (Å²) in [6.07, 6.45) is 8.68. The molecule has 2 unspecified atom stereocenters. The van der Waals surface area contributed by atoms with Crippen LogP contribution >= 0.6 is 0 Å². The summed E-state index contributed by atoms with van der Waals surface area (Å²) < 4.78 is 6.54. The van der Waals surface area contributed by atoms with Crippen LogP contribution < -0.4 is 9.64 Å². The molecule has 0 bridgehead atoms. The molecule has 0 amide bonds. The minimum Gasteiger partial charge on any atom is -0.484 e. The van der Waals surface area contributed by atoms with Gasteiger partial charge in [0.05, 0.1) is 0 Å². The maximum Gasteiger partial charge on any atom is 0.132 e. The third-order valence-electron chi connectivity index (χ3n) is 10.8. The number of ether oxygens (including phenoxy) is 1. The first-order valence-corrected chi connectivity index (χ1v) is 18.7. The Hall–Kier alpha value is -6.90. The minimum absolute atomic E-state index is 0.0554. The van der Waals surface area contributed by atoms with Crippen molar-refractivity contribution in [3.8, 4) is 50.3 Å². The van der Waals surface area contributed by atoms with Crippen molar-refractivity contribution in [1.82, 2.24) is 0 Å². The van der Waals surface area contributed by atoms with Gasteiger partial charge in [-0.3, -0.25) is 0 Å². The summed E-state index contributed by atoms with van der Waals surface area (Å²) in [5.41, 5.74) is 14.0. The van der Waals surface area contributed by atoms with Crippen molar-refractivity contribution in [2.75, 3.05) is 4.90 Å². The fourth-order valence-electron chi connectivity index (χ4n) is 8.13. The lowest BCUT2D eigenvalue weighted by molar-refractivity contribution is 0.270. The second kappa shape index (κ2) is 13.6. The Morgan fingerprint density at radius 3 is 1.81 bits per heavy atom. The average Bonchev–Trinajstić information content (AvgIpc) is 3.64. The van der Waals surface area contributed by atoms with Gasteiger partial charge in [0.1, 0.15) is 11.9 Å². The topological polar surface area (TPSA) is 12.5 Å². The minimum atomic E-state index is 0.0554. The first kappa shape index (κ1) is 31.8. The van der Waals surface area contributed by atoms with Crippen molar-refractivity contribution in [3.05, 3.63) is 218 Å². The van der Waals surface area contributed by atoms with Crippen molar-refractivity contribution in [1.29, 1.82) is 0 Å². The predicted octanol–water partition coefficient (Wildman–Crippen LogP) is 13.9. The SMILES string of the molecule is C1=CC2Oc3c(-c4cccc(-c5cccc(N(c6ccc(-c7ccccc7)cc6)c6ccc(-c7cccc8ccccc78)cc6)c5)c4)cccc3C2C=C1. The molecule has 0 saturated carbocycles. The van der Waals surface area contributed by atoms with Crippen molar-refractivity contribution < 1.29 is 4.74 Å². The van der Waals surface area contributed by atoms with Gasteiger partial charge in [-0.1, -0.05) is 164 Å². The Kier molecular flexibility index (Phi) is 8.00. The molecule has 2 nitrogen and oxygen atoms in total. The lowest BCUT2D eigenvalue weighted by atomic mass is 9.90. The third-order valence-corrected chi connectivity index (χ3v) is 10.8. The number of anilines is 3. The monoisotopic (exact) mass is 691 g/mol. The van der Waals surface area contributed by atoms with Gasteiger partial charge in [0.25, 0.3) is 0 Å². The molecule has 2 heteroatoms. The van der Waals surface area contributed by atoms with E-state index in [0.717, 1.165) is 45.1 Å². The molecule has 0 fully saturated rings. The Morgan fingerprint density at radius 2 is 0.981 bits per heavy atom. The van der Waals surface area contributed by atoms with E-state index in [4.69, 9.17) is 4.74 Å². The number of para-hydroxylation sites is 1. The number of hydrogen-bond donors (Lipinski definition) is 0. The normalized spacial score (nSPS) is 15.4. The zero-order valence-electron chi connectivity index (χ0n) is 29.7. The molecule has 256 valence electrons. The Balaban J connectivity index is 1.04. The highest BCUT2D eigenvalue weighted by molar-refractivity contribution is 5.97. The quantitative estimate of drug-likeness (QED) is 0.165. The van der Waals surface area contributed by atoms with E-state index >= 15 is 0 Å². The van der Waals surface area contributed by atoms with E-state index < -0.39 is 0 Å². The summed E-state index contributed by atoms with van der Waals surface area (Å²) in [4.78, 5) is 2.36. The molecule has 0 radical (unpaired) electrons. The Morgan fingerprint density at radius 1 is 0.389 bits per heavy atom. The van der Waals surface area contributed by atoms with E-state index in [1.807, 2.05) is 0 Å². The highest BCUT2D eigenvalue weighted by Crippen LogP contribution is 2.47. The van der Waals surface area contributed by atoms with Crippen LogP contribution in [-0.4, -0.2) is 6.10 Å². The molecule has 2 aliphatic rings. The van der Waals surface area contributed by atoms with Gasteiger partial charge < -0.3 is 9.64 Å². The number of rotatable bonds is 7. The first-order chi connectivity index (χ1) is 26.8. The molecule has 2 atom stereocenters. The fraction of sp³-hybridized carbons (Fsp3) is 0.0385. The standard InChI is InChI=1S/C52H37NO/c1-2-12-36(13-3-1)37-26-30-43(31-27-37)53(44-32-28-39(29-33-44)47-22-10-15-38-14-4-5-20-46(38)47)45-19-9-17-41(35-45)40-16-8-18-42(34-40)48-23-11-24-50-49-21-6-7-25-51(49)54-52(48)50/h1-35,49,51H. The van der Waals surface area contributed by atoms with E-state index in [1.165, 1.54) is 38.6 Å². The molecule has 0 saturated heterocycles. The summed E-state index contributed by atoms with van der Waals surface area (Å²) in [5, 5.41) is 2.51. The number of benzene rings is 8. The number of nitrogens with zero attached hydrogens (tertiary/aromatic N) is 1. The zero-order chi connectivity index (χ0) is 35.8. The van der Waals surface area contributed by atoms with Gasteiger partial charge in [-0.15, -0.1) is 0 Å². The lowest BCUT2D eigenvalue weighted by Gasteiger charge is -2.26. The molecule has 0 N–H and O–H groups in total. The number of hydrogen-bond acceptors (Lipinski definition) is 2. The molecule has 1 heterocycles. The molecule has 0 spiro atoms. The van der Waals surface area contributed by atoms with Crippen molar-refractivity contribution in [3.63, 3.8) is 0 Å². The van der Waals surface area contributed by atoms with Crippen LogP contribution in [0.1, 0.15) is 11.5 Å². The van der Waals surface area contributed by atoms with E-state index in [1.54, 1.807) is 0 Å². The lowest BCUT2D eigenvalue weighted by Crippen LogP contribution is -2.15. The van der Waals surface area contributed by atoms with Crippen LogP contribution in [0.4, 0.5) is 17.1 Å². The van der Waals surface area contributed by atoms with Crippen molar-refractivity contribution >= 4 is 27.8 Å². The summed E-state index contributed by atoms with van der Waals surface area (Å²) in [6, 6.07) is 67.9. The molecule has 54 heavy (non-hydrogen) atoms. The second-order valence-corrected chi connectivity index (χ2v) is 14.1. The largest absolute Gasteiger partial charge is 0.484 e. The molecule has 0 aromatic heterocycles. The molecular formula is C52H37NO. The first-order valence-electron chi connectivity index (χ1n) is 18.7. The Bertz CT molecular complexity index is 2680. The highest BCUT2D eigenvalue weighted by atomic mass is 16.5. The Labute approximate surface area is 316 Å². The third kappa shape index (κ3) is 5.79. The van der Waals surface area contributed by atoms with Crippen LogP contribution in [0.25, 0.3) is 55.3 Å². The molecule has 10 rings (SSSR count). The smallest absolute Gasteiger partial charge is 0.132 e. The molecule has 8 aromatic carbocycles. The summed E-state index contributed by atoms with van der Waals surface area (Å²) in [7, 11) is 0. The molecule has 1 aliphatic carbocycles. The van der Waals surface area contributed by atoms with Crippen LogP contribution in [0.2, 0.25) is 0 Å². The molecule has 1 aliphatic heterocycles. The summed E-state index contributed by atoms with van der Waals surface area (Å²) >= 11 is 0. The van der Waals surface area contributed by atoms with Crippen molar-refractivity contribution in [2.45, 2.75) is 12.0 Å². The number of fused-ring (bicyclic) bond motifs is 4. The van der Waals surface area contributed by atoms with Gasteiger partial charge in [0, 0.05) is 34.1 Å². The van der Waals surface area contributed by atoms with Crippen LogP contribution in [0, 0.1) is 0 Å². The van der Waals surface area contributed by atoms with Gasteiger partial charge in [-0.05, 0) is 98.3 Å². The van der Waals surface area contributed by atoms with Gasteiger partial charge >= 0.3 is 0 Å². The maximum absolute atomic E-state index is 6.54. The number of allylic oxidation sites excluding steroid dienone is 2. The van der Waals surface area contributed by atoms with Crippen LogP contribution in [0.3, 0.4) is 0 Å². The summed E-state index contributed by atoms with van der Waals surface area (Å²) in [6.45, 7) is 0. The van der Waals surface area contributed by atoms with Gasteiger partial charge in [-0.25, -0.2) is 0 Å². The van der Waals surface area contributed by atoms with Crippen molar-refractivity contribution in [2.24, 2.45) is 0 Å². The molecule has 8 aromatic rings. The van der Waals surface area contributed by atoms with E-state index in [2.05, 4.69) is 217 Å². The highest BCUT2D eigenvalue weighted by Gasteiger charge is 2.33. The van der Waals surface area contributed by atoms with Gasteiger partial charge in [0.15, 0.2) is 0 Å². The maximum atomic E-state index is 6.54. The van der Waals surface area contributed by atoms with E-state index in [-0.39, 0.29) is 12.0 Å². The zero-order valence-corrected chi connectivity index (χ0v) is 29.7. The summed E-state index contributed by atoms with van der Waals surface area (Å²) in [5.74, 6) is 1.25. The van der Waals surface area contributed by atoms with E-state index in [9.17, 15) is 0 Å². The van der Waals surface area contributed by atoms with Gasteiger partial charge in [-0.2, -0.15) is 0 Å².